The molecule has 2 nitrogen and oxygen atoms in total. The van der Waals surface area contributed by atoms with Crippen molar-refractivity contribution in [3.63, 3.8) is 0 Å². The van der Waals surface area contributed by atoms with Crippen LogP contribution in [0.4, 0.5) is 0 Å². The largest absolute Gasteiger partial charge is 0.389 e. The van der Waals surface area contributed by atoms with Gasteiger partial charge in [-0.15, -0.1) is 0 Å². The lowest BCUT2D eigenvalue weighted by Crippen LogP contribution is -2.37. The van der Waals surface area contributed by atoms with Gasteiger partial charge in [0.1, 0.15) is 0 Å². The molecule has 2 rings (SSSR count). The van der Waals surface area contributed by atoms with E-state index in [1.54, 1.807) is 0 Å². The van der Waals surface area contributed by atoms with Gasteiger partial charge in [-0.1, -0.05) is 23.8 Å². The summed E-state index contributed by atoms with van der Waals surface area (Å²) in [5.41, 5.74) is 3.11. The minimum atomic E-state index is -0.658. The molecule has 1 saturated heterocycles. The quantitative estimate of drug-likeness (QED) is 0.871. The number of aliphatic hydroxyl groups is 1. The van der Waals surface area contributed by atoms with Crippen LogP contribution in [0.3, 0.4) is 0 Å². The van der Waals surface area contributed by atoms with Gasteiger partial charge in [-0.2, -0.15) is 0 Å². The first-order chi connectivity index (χ1) is 7.99. The van der Waals surface area contributed by atoms with E-state index in [-0.39, 0.29) is 5.92 Å². The molecule has 0 amide bonds. The van der Waals surface area contributed by atoms with Gasteiger partial charge in [-0.05, 0) is 38.3 Å². The highest BCUT2D eigenvalue weighted by Gasteiger charge is 2.35. The van der Waals surface area contributed by atoms with Gasteiger partial charge in [0.2, 0.25) is 0 Å². The van der Waals surface area contributed by atoms with Gasteiger partial charge in [0.15, 0.2) is 0 Å². The van der Waals surface area contributed by atoms with Crippen LogP contribution in [0.5, 0.6) is 0 Å². The number of benzene rings is 1. The Morgan fingerprint density at radius 3 is 2.82 bits per heavy atom. The molecular weight excluding hydrogens is 212 g/mol. The predicted molar refractivity (Wildman–Crippen MR) is 69.2 cm³/mol. The second-order valence-electron chi connectivity index (χ2n) is 5.52. The molecule has 2 atom stereocenters. The van der Waals surface area contributed by atoms with Crippen LogP contribution in [0, 0.1) is 19.8 Å². The molecule has 0 aromatic heterocycles. The summed E-state index contributed by atoms with van der Waals surface area (Å²) in [6, 6.07) is 6.43. The first-order valence-corrected chi connectivity index (χ1v) is 6.35. The maximum Gasteiger partial charge on any atom is 0.0710 e. The predicted octanol–water partition coefficient (Wildman–Crippen LogP) is 2.63. The lowest BCUT2D eigenvalue weighted by Gasteiger charge is -2.30. The Balaban J connectivity index is 2.15. The average molecular weight is 234 g/mol. The summed E-state index contributed by atoms with van der Waals surface area (Å²) in [5, 5.41) is 10.6. The van der Waals surface area contributed by atoms with Crippen LogP contribution in [0.2, 0.25) is 0 Å². The van der Waals surface area contributed by atoms with E-state index in [2.05, 4.69) is 32.0 Å². The van der Waals surface area contributed by atoms with Crippen molar-refractivity contribution in [1.82, 2.24) is 0 Å². The van der Waals surface area contributed by atoms with Gasteiger partial charge in [0.25, 0.3) is 0 Å². The van der Waals surface area contributed by atoms with Crippen LogP contribution in [0.25, 0.3) is 0 Å². The van der Waals surface area contributed by atoms with E-state index < -0.39 is 5.60 Å². The Hall–Kier alpha value is -0.860. The third-order valence-corrected chi connectivity index (χ3v) is 3.86. The van der Waals surface area contributed by atoms with Gasteiger partial charge in [0, 0.05) is 18.9 Å². The molecule has 0 saturated carbocycles. The minimum absolute atomic E-state index is 0.266. The van der Waals surface area contributed by atoms with Crippen LogP contribution in [0.15, 0.2) is 18.2 Å². The first-order valence-electron chi connectivity index (χ1n) is 6.35. The summed E-state index contributed by atoms with van der Waals surface area (Å²) < 4.78 is 5.38. The van der Waals surface area contributed by atoms with E-state index in [1.165, 1.54) is 16.7 Å². The van der Waals surface area contributed by atoms with Crippen molar-refractivity contribution in [3.05, 3.63) is 34.9 Å². The second-order valence-corrected chi connectivity index (χ2v) is 5.52. The van der Waals surface area contributed by atoms with E-state index in [0.717, 1.165) is 13.0 Å². The monoisotopic (exact) mass is 234 g/mol. The summed E-state index contributed by atoms with van der Waals surface area (Å²) in [6.45, 7) is 7.62. The Bertz CT molecular complexity index is 390. The molecule has 1 aliphatic rings. The van der Waals surface area contributed by atoms with Crippen LogP contribution in [-0.2, 0) is 11.2 Å². The molecule has 2 heteroatoms. The van der Waals surface area contributed by atoms with Gasteiger partial charge in [-0.25, -0.2) is 0 Å². The zero-order valence-electron chi connectivity index (χ0n) is 11.0. The molecule has 94 valence electrons. The SMILES string of the molecule is Cc1ccc(C)c(CC(C)(O)C2CCOC2)c1. The van der Waals surface area contributed by atoms with Crippen molar-refractivity contribution < 1.29 is 9.84 Å². The van der Waals surface area contributed by atoms with Crippen LogP contribution < -0.4 is 0 Å². The molecule has 0 spiro atoms. The average Bonchev–Trinajstić information content (AvgIpc) is 2.77. The molecule has 0 bridgehead atoms. The molecule has 1 aromatic rings. The van der Waals surface area contributed by atoms with Gasteiger partial charge >= 0.3 is 0 Å². The molecule has 0 radical (unpaired) electrons. The Kier molecular flexibility index (Phi) is 3.55. The van der Waals surface area contributed by atoms with Gasteiger partial charge in [-0.3, -0.25) is 0 Å². The van der Waals surface area contributed by atoms with Crippen molar-refractivity contribution in [2.45, 2.75) is 39.2 Å². The maximum absolute atomic E-state index is 10.6. The highest BCUT2D eigenvalue weighted by molar-refractivity contribution is 5.31. The number of hydrogen-bond donors (Lipinski definition) is 1. The third kappa shape index (κ3) is 2.88. The molecule has 0 aliphatic carbocycles. The van der Waals surface area contributed by atoms with Crippen molar-refractivity contribution in [2.24, 2.45) is 5.92 Å². The topological polar surface area (TPSA) is 29.5 Å². The number of rotatable bonds is 3. The molecule has 1 aliphatic heterocycles. The summed E-state index contributed by atoms with van der Waals surface area (Å²) in [6.07, 6.45) is 1.69. The lowest BCUT2D eigenvalue weighted by molar-refractivity contribution is -0.00466. The number of ether oxygens (including phenoxy) is 1. The number of aryl methyl sites for hydroxylation is 2. The lowest BCUT2D eigenvalue weighted by atomic mass is 9.82. The minimum Gasteiger partial charge on any atom is -0.389 e. The molecule has 2 unspecified atom stereocenters. The zero-order chi connectivity index (χ0) is 12.5. The fraction of sp³-hybridized carbons (Fsp3) is 0.600. The summed E-state index contributed by atoms with van der Waals surface area (Å²) in [7, 11) is 0. The molecule has 17 heavy (non-hydrogen) atoms. The van der Waals surface area contributed by atoms with E-state index in [9.17, 15) is 5.11 Å². The molecular formula is C15H22O2. The van der Waals surface area contributed by atoms with Crippen LogP contribution in [0.1, 0.15) is 30.0 Å². The van der Waals surface area contributed by atoms with E-state index in [0.29, 0.717) is 13.0 Å². The van der Waals surface area contributed by atoms with E-state index >= 15 is 0 Å². The van der Waals surface area contributed by atoms with Crippen LogP contribution >= 0.6 is 0 Å². The Morgan fingerprint density at radius 1 is 1.41 bits per heavy atom. The molecule has 1 heterocycles. The standard InChI is InChI=1S/C15H22O2/c1-11-4-5-12(2)13(8-11)9-15(3,16)14-6-7-17-10-14/h4-5,8,14,16H,6-7,9-10H2,1-3H3. The molecule has 1 aromatic carbocycles. The van der Waals surface area contributed by atoms with E-state index in [4.69, 9.17) is 4.74 Å². The van der Waals surface area contributed by atoms with Crippen molar-refractivity contribution in [2.75, 3.05) is 13.2 Å². The van der Waals surface area contributed by atoms with Crippen molar-refractivity contribution in [3.8, 4) is 0 Å². The highest BCUT2D eigenvalue weighted by atomic mass is 16.5. The Labute approximate surface area is 104 Å². The fourth-order valence-electron chi connectivity index (χ4n) is 2.55. The normalized spacial score (nSPS) is 23.6. The summed E-state index contributed by atoms with van der Waals surface area (Å²) in [5.74, 6) is 0.266. The Morgan fingerprint density at radius 2 is 2.18 bits per heavy atom. The van der Waals surface area contributed by atoms with Gasteiger partial charge < -0.3 is 9.84 Å². The highest BCUT2D eigenvalue weighted by Crippen LogP contribution is 2.30. The second kappa shape index (κ2) is 4.79. The summed E-state index contributed by atoms with van der Waals surface area (Å²) in [4.78, 5) is 0. The van der Waals surface area contributed by atoms with E-state index in [1.807, 2.05) is 6.92 Å². The fourth-order valence-corrected chi connectivity index (χ4v) is 2.55. The summed E-state index contributed by atoms with van der Waals surface area (Å²) >= 11 is 0. The van der Waals surface area contributed by atoms with Crippen LogP contribution in [-0.4, -0.2) is 23.9 Å². The molecule has 1 N–H and O–H groups in total. The van der Waals surface area contributed by atoms with Crippen molar-refractivity contribution >= 4 is 0 Å². The molecule has 1 fully saturated rings. The van der Waals surface area contributed by atoms with Crippen molar-refractivity contribution in [1.29, 1.82) is 0 Å². The smallest absolute Gasteiger partial charge is 0.0710 e. The number of hydrogen-bond acceptors (Lipinski definition) is 2. The zero-order valence-corrected chi connectivity index (χ0v) is 11.0. The van der Waals surface area contributed by atoms with Gasteiger partial charge in [0.05, 0.1) is 12.2 Å². The third-order valence-electron chi connectivity index (χ3n) is 3.86. The maximum atomic E-state index is 10.6. The first kappa shape index (κ1) is 12.6.